The van der Waals surface area contributed by atoms with Crippen molar-refractivity contribution in [3.63, 3.8) is 0 Å². The summed E-state index contributed by atoms with van der Waals surface area (Å²) < 4.78 is 51.0. The molecule has 19 heavy (non-hydrogen) atoms. The molecule has 0 atom stereocenters. The molecule has 1 aromatic heterocycles. The van der Waals surface area contributed by atoms with E-state index in [9.17, 15) is 27.2 Å². The molecule has 9 heteroatoms. The molecule has 0 saturated carbocycles. The van der Waals surface area contributed by atoms with Gasteiger partial charge < -0.3 is 9.90 Å². The Morgan fingerprint density at radius 3 is 2.58 bits per heavy atom. The van der Waals surface area contributed by atoms with E-state index in [4.69, 9.17) is 5.11 Å². The molecule has 0 spiro atoms. The number of hydrogen-bond acceptors (Lipinski definition) is 3. The van der Waals surface area contributed by atoms with E-state index in [0.29, 0.717) is 18.5 Å². The number of amides is 1. The maximum absolute atomic E-state index is 13.6. The number of rotatable bonds is 4. The van der Waals surface area contributed by atoms with E-state index >= 15 is 0 Å². The molecule has 0 aliphatic rings. The Morgan fingerprint density at radius 1 is 1.47 bits per heavy atom. The molecule has 0 aliphatic carbocycles. The second-order valence-corrected chi connectivity index (χ2v) is 3.38. The van der Waals surface area contributed by atoms with E-state index in [1.165, 1.54) is 0 Å². The molecule has 0 fully saturated rings. The normalized spacial score (nSPS) is 11.2. The predicted molar refractivity (Wildman–Crippen MR) is 55.2 cm³/mol. The van der Waals surface area contributed by atoms with Crippen LogP contribution < -0.4 is 4.90 Å². The van der Waals surface area contributed by atoms with Gasteiger partial charge in [0.15, 0.2) is 11.6 Å². The zero-order chi connectivity index (χ0) is 14.6. The van der Waals surface area contributed by atoms with E-state index in [1.54, 1.807) is 0 Å². The number of pyridine rings is 1. The lowest BCUT2D eigenvalue weighted by atomic mass is 10.2. The van der Waals surface area contributed by atoms with Crippen LogP contribution in [0.1, 0.15) is 12.0 Å². The van der Waals surface area contributed by atoms with Crippen LogP contribution in [0.2, 0.25) is 0 Å². The largest absolute Gasteiger partial charge is 0.465 e. The van der Waals surface area contributed by atoms with Crippen molar-refractivity contribution in [2.75, 3.05) is 11.4 Å². The third-order valence-electron chi connectivity index (χ3n) is 2.13. The summed E-state index contributed by atoms with van der Waals surface area (Å²) in [5.74, 6) is -2.77. The van der Waals surface area contributed by atoms with Gasteiger partial charge in [0.05, 0.1) is 5.56 Å². The van der Waals surface area contributed by atoms with Gasteiger partial charge in [0.1, 0.15) is 6.29 Å². The van der Waals surface area contributed by atoms with E-state index in [1.807, 2.05) is 0 Å². The van der Waals surface area contributed by atoms with Gasteiger partial charge in [-0.25, -0.2) is 14.2 Å². The third-order valence-corrected chi connectivity index (χ3v) is 2.13. The molecular formula is C10H8F4N2O3. The van der Waals surface area contributed by atoms with Gasteiger partial charge in [0.25, 0.3) is 0 Å². The molecule has 0 unspecified atom stereocenters. The van der Waals surface area contributed by atoms with Crippen LogP contribution in [0, 0.1) is 5.82 Å². The second kappa shape index (κ2) is 5.63. The van der Waals surface area contributed by atoms with Crippen molar-refractivity contribution in [1.82, 2.24) is 4.98 Å². The van der Waals surface area contributed by atoms with Gasteiger partial charge in [-0.3, -0.25) is 4.90 Å². The summed E-state index contributed by atoms with van der Waals surface area (Å²) in [6.45, 7) is -0.482. The van der Waals surface area contributed by atoms with Crippen LogP contribution in [0.4, 0.5) is 28.2 Å². The molecule has 1 amide bonds. The molecule has 0 bridgehead atoms. The summed E-state index contributed by atoms with van der Waals surface area (Å²) in [6.07, 6.45) is -5.94. The van der Waals surface area contributed by atoms with Crippen molar-refractivity contribution in [1.29, 1.82) is 0 Å². The number of aldehydes is 1. The van der Waals surface area contributed by atoms with E-state index in [-0.39, 0.29) is 11.3 Å². The summed E-state index contributed by atoms with van der Waals surface area (Å²) >= 11 is 0. The first-order valence-electron chi connectivity index (χ1n) is 4.94. The molecule has 1 rings (SSSR count). The molecule has 1 aromatic rings. The van der Waals surface area contributed by atoms with Gasteiger partial charge in [-0.05, 0) is 6.07 Å². The number of aromatic nitrogens is 1. The highest BCUT2D eigenvalue weighted by atomic mass is 19.4. The quantitative estimate of drug-likeness (QED) is 0.678. The van der Waals surface area contributed by atoms with Gasteiger partial charge in [-0.2, -0.15) is 13.2 Å². The fourth-order valence-electron chi connectivity index (χ4n) is 1.31. The SMILES string of the molecule is O=CCCN(C(=O)O)c1nccc(C(F)(F)F)c1F. The van der Waals surface area contributed by atoms with Crippen molar-refractivity contribution in [2.24, 2.45) is 0 Å². The Morgan fingerprint density at radius 2 is 2.11 bits per heavy atom. The topological polar surface area (TPSA) is 70.5 Å². The smallest absolute Gasteiger partial charge is 0.419 e. The highest BCUT2D eigenvalue weighted by Gasteiger charge is 2.36. The number of carbonyl (C=O) groups excluding carboxylic acids is 1. The Balaban J connectivity index is 3.24. The molecule has 0 radical (unpaired) electrons. The third kappa shape index (κ3) is 3.39. The lowest BCUT2D eigenvalue weighted by Gasteiger charge is -2.19. The van der Waals surface area contributed by atoms with E-state index in [2.05, 4.69) is 4.98 Å². The first kappa shape index (κ1) is 14.9. The number of carbonyl (C=O) groups is 2. The Labute approximate surface area is 104 Å². The Hall–Kier alpha value is -2.19. The number of halogens is 4. The van der Waals surface area contributed by atoms with Crippen molar-refractivity contribution in [3.8, 4) is 0 Å². The highest BCUT2D eigenvalue weighted by Crippen LogP contribution is 2.34. The van der Waals surface area contributed by atoms with Crippen LogP contribution in [0.25, 0.3) is 0 Å². The molecule has 1 N–H and O–H groups in total. The highest BCUT2D eigenvalue weighted by molar-refractivity contribution is 5.85. The molecule has 0 aromatic carbocycles. The van der Waals surface area contributed by atoms with Crippen LogP contribution in [-0.4, -0.2) is 29.0 Å². The number of hydrogen-bond donors (Lipinski definition) is 1. The van der Waals surface area contributed by atoms with Crippen molar-refractivity contribution in [2.45, 2.75) is 12.6 Å². The van der Waals surface area contributed by atoms with Crippen molar-refractivity contribution in [3.05, 3.63) is 23.6 Å². The summed E-state index contributed by atoms with van der Waals surface area (Å²) in [7, 11) is 0. The fourth-order valence-corrected chi connectivity index (χ4v) is 1.31. The summed E-state index contributed by atoms with van der Waals surface area (Å²) in [4.78, 5) is 24.5. The maximum atomic E-state index is 13.6. The molecular weight excluding hydrogens is 272 g/mol. The lowest BCUT2D eigenvalue weighted by molar-refractivity contribution is -0.140. The van der Waals surface area contributed by atoms with Gasteiger partial charge in [0, 0.05) is 19.2 Å². The average Bonchev–Trinajstić information content (AvgIpc) is 2.29. The lowest BCUT2D eigenvalue weighted by Crippen LogP contribution is -2.32. The Kier molecular flexibility index (Phi) is 4.41. The van der Waals surface area contributed by atoms with Gasteiger partial charge in [-0.15, -0.1) is 0 Å². The number of anilines is 1. The van der Waals surface area contributed by atoms with Crippen molar-refractivity contribution >= 4 is 18.2 Å². The monoisotopic (exact) mass is 280 g/mol. The number of alkyl halides is 3. The molecule has 104 valence electrons. The minimum absolute atomic E-state index is 0.249. The standard InChI is InChI=1S/C10H8F4N2O3/c11-7-6(10(12,13)14)2-3-15-8(7)16(9(18)19)4-1-5-17/h2-3,5H,1,4H2,(H,18,19). The minimum Gasteiger partial charge on any atom is -0.465 e. The van der Waals surface area contributed by atoms with E-state index < -0.39 is 36.0 Å². The zero-order valence-corrected chi connectivity index (χ0v) is 9.32. The number of nitrogens with zero attached hydrogens (tertiary/aromatic N) is 2. The zero-order valence-electron chi connectivity index (χ0n) is 9.32. The van der Waals surface area contributed by atoms with E-state index in [0.717, 1.165) is 0 Å². The van der Waals surface area contributed by atoms with Crippen LogP contribution in [0.5, 0.6) is 0 Å². The van der Waals surface area contributed by atoms with Crippen LogP contribution >= 0.6 is 0 Å². The average molecular weight is 280 g/mol. The minimum atomic E-state index is -4.96. The summed E-state index contributed by atoms with van der Waals surface area (Å²) in [6, 6.07) is 0.401. The number of carboxylic acid groups (broad SMARTS) is 1. The first-order valence-corrected chi connectivity index (χ1v) is 4.94. The maximum Gasteiger partial charge on any atom is 0.419 e. The molecule has 0 saturated heterocycles. The van der Waals surface area contributed by atoms with Gasteiger partial charge in [-0.1, -0.05) is 0 Å². The van der Waals surface area contributed by atoms with Crippen molar-refractivity contribution < 1.29 is 32.3 Å². The Bertz CT molecular complexity index is 490. The van der Waals surface area contributed by atoms with Crippen LogP contribution in [0.3, 0.4) is 0 Å². The summed E-state index contributed by atoms with van der Waals surface area (Å²) in [5, 5.41) is 8.79. The fraction of sp³-hybridized carbons (Fsp3) is 0.300. The second-order valence-electron chi connectivity index (χ2n) is 3.38. The predicted octanol–water partition coefficient (Wildman–Crippen LogP) is 2.31. The first-order chi connectivity index (χ1) is 8.79. The summed E-state index contributed by atoms with van der Waals surface area (Å²) in [5.41, 5.74) is -1.62. The van der Waals surface area contributed by atoms with Gasteiger partial charge in [0.2, 0.25) is 0 Å². The molecule has 0 aliphatic heterocycles. The molecule has 5 nitrogen and oxygen atoms in total. The van der Waals surface area contributed by atoms with Gasteiger partial charge >= 0.3 is 12.3 Å². The van der Waals surface area contributed by atoms with Crippen LogP contribution in [-0.2, 0) is 11.0 Å². The molecule has 1 heterocycles. The van der Waals surface area contributed by atoms with Crippen LogP contribution in [0.15, 0.2) is 12.3 Å².